The second-order valence-electron chi connectivity index (χ2n) is 5.61. The number of fused-ring (bicyclic) bond motifs is 1. The van der Waals surface area contributed by atoms with E-state index >= 15 is 0 Å². The smallest absolute Gasteiger partial charge is 0.260 e. The standard InChI is InChI=1S/C17H13N5O2S2/c1-9-4-11(8-23)25-16(9)21-15(24)12-6-20-22-7-13(26-17(12)22)10-2-3-14(18)19-5-10/h2-8H,1H3,(H2,18,19)(H,21,24). The van der Waals surface area contributed by atoms with Crippen LogP contribution < -0.4 is 11.1 Å². The molecule has 4 aromatic heterocycles. The van der Waals surface area contributed by atoms with Gasteiger partial charge >= 0.3 is 0 Å². The summed E-state index contributed by atoms with van der Waals surface area (Å²) < 4.78 is 1.67. The Morgan fingerprint density at radius 1 is 1.31 bits per heavy atom. The van der Waals surface area contributed by atoms with Crippen molar-refractivity contribution in [3.8, 4) is 10.4 Å². The molecule has 4 heterocycles. The Hall–Kier alpha value is -3.04. The van der Waals surface area contributed by atoms with E-state index < -0.39 is 0 Å². The van der Waals surface area contributed by atoms with E-state index in [0.717, 1.165) is 27.1 Å². The number of nitrogen functional groups attached to an aromatic ring is 1. The van der Waals surface area contributed by atoms with Gasteiger partial charge in [0.05, 0.1) is 26.5 Å². The molecule has 0 unspecified atom stereocenters. The number of nitrogens with zero attached hydrogens (tertiary/aromatic N) is 3. The zero-order chi connectivity index (χ0) is 18.3. The number of carbonyl (C=O) groups excluding carboxylic acids is 2. The van der Waals surface area contributed by atoms with E-state index in [1.54, 1.807) is 22.8 Å². The molecule has 3 N–H and O–H groups in total. The van der Waals surface area contributed by atoms with Crippen molar-refractivity contribution >= 4 is 50.5 Å². The summed E-state index contributed by atoms with van der Waals surface area (Å²) in [6.07, 6.45) is 5.86. The number of hydrogen-bond acceptors (Lipinski definition) is 7. The van der Waals surface area contributed by atoms with Crippen LogP contribution in [0.2, 0.25) is 0 Å². The fourth-order valence-electron chi connectivity index (χ4n) is 2.49. The highest BCUT2D eigenvalue weighted by Gasteiger charge is 2.18. The Labute approximate surface area is 156 Å². The third kappa shape index (κ3) is 2.87. The summed E-state index contributed by atoms with van der Waals surface area (Å²) in [5.41, 5.74) is 7.86. The van der Waals surface area contributed by atoms with Crippen molar-refractivity contribution in [2.45, 2.75) is 6.92 Å². The van der Waals surface area contributed by atoms with Gasteiger partial charge in [0.25, 0.3) is 5.91 Å². The molecule has 0 fully saturated rings. The highest BCUT2D eigenvalue weighted by Crippen LogP contribution is 2.31. The van der Waals surface area contributed by atoms with Crippen molar-refractivity contribution in [1.29, 1.82) is 0 Å². The van der Waals surface area contributed by atoms with E-state index in [1.807, 2.05) is 19.2 Å². The Balaban J connectivity index is 1.66. The lowest BCUT2D eigenvalue weighted by Crippen LogP contribution is -2.10. The highest BCUT2D eigenvalue weighted by atomic mass is 32.1. The van der Waals surface area contributed by atoms with Gasteiger partial charge < -0.3 is 11.1 Å². The Morgan fingerprint density at radius 3 is 2.85 bits per heavy atom. The summed E-state index contributed by atoms with van der Waals surface area (Å²) in [7, 11) is 0. The fraction of sp³-hybridized carbons (Fsp3) is 0.0588. The van der Waals surface area contributed by atoms with Crippen LogP contribution in [0, 0.1) is 6.92 Å². The number of amides is 1. The Bertz CT molecular complexity index is 1120. The normalized spacial score (nSPS) is 11.0. The molecular weight excluding hydrogens is 370 g/mol. The topological polar surface area (TPSA) is 102 Å². The summed E-state index contributed by atoms with van der Waals surface area (Å²) in [4.78, 5) is 29.9. The average molecular weight is 383 g/mol. The molecule has 0 aliphatic rings. The largest absolute Gasteiger partial charge is 0.384 e. The van der Waals surface area contributed by atoms with Crippen LogP contribution >= 0.6 is 22.7 Å². The first-order valence-corrected chi connectivity index (χ1v) is 9.24. The van der Waals surface area contributed by atoms with Gasteiger partial charge in [-0.25, -0.2) is 9.50 Å². The molecule has 0 bridgehead atoms. The number of rotatable bonds is 4. The van der Waals surface area contributed by atoms with Crippen LogP contribution in [0.1, 0.15) is 25.6 Å². The molecule has 0 saturated heterocycles. The van der Waals surface area contributed by atoms with Gasteiger partial charge in [0, 0.05) is 18.0 Å². The van der Waals surface area contributed by atoms with Crippen molar-refractivity contribution in [3.63, 3.8) is 0 Å². The maximum absolute atomic E-state index is 12.7. The zero-order valence-corrected chi connectivity index (χ0v) is 15.2. The van der Waals surface area contributed by atoms with Crippen LogP contribution in [-0.4, -0.2) is 26.8 Å². The Kier molecular flexibility index (Phi) is 4.02. The van der Waals surface area contributed by atoms with Gasteiger partial charge in [-0.1, -0.05) is 0 Å². The van der Waals surface area contributed by atoms with E-state index in [4.69, 9.17) is 5.73 Å². The fourth-order valence-corrected chi connectivity index (χ4v) is 4.42. The van der Waals surface area contributed by atoms with Crippen LogP contribution in [0.5, 0.6) is 0 Å². The Morgan fingerprint density at radius 2 is 2.15 bits per heavy atom. The molecule has 130 valence electrons. The maximum atomic E-state index is 12.7. The molecule has 0 spiro atoms. The number of thiazole rings is 1. The van der Waals surface area contributed by atoms with Gasteiger partial charge in [0.2, 0.25) is 0 Å². The number of hydrogen-bond donors (Lipinski definition) is 2. The summed E-state index contributed by atoms with van der Waals surface area (Å²) in [5, 5.41) is 7.78. The zero-order valence-electron chi connectivity index (χ0n) is 13.6. The number of pyridine rings is 1. The quantitative estimate of drug-likeness (QED) is 0.525. The first-order chi connectivity index (χ1) is 12.5. The second kappa shape index (κ2) is 6.36. The molecule has 4 aromatic rings. The van der Waals surface area contributed by atoms with E-state index in [1.165, 1.54) is 28.9 Å². The summed E-state index contributed by atoms with van der Waals surface area (Å²) in [5.74, 6) is 0.197. The van der Waals surface area contributed by atoms with E-state index in [0.29, 0.717) is 21.3 Å². The molecular formula is C17H13N5O2S2. The first kappa shape index (κ1) is 16.4. The molecule has 0 aliphatic carbocycles. The molecule has 9 heteroatoms. The minimum Gasteiger partial charge on any atom is -0.384 e. The lowest BCUT2D eigenvalue weighted by molar-refractivity contribution is 0.102. The SMILES string of the molecule is Cc1cc(C=O)sc1NC(=O)c1cnn2cc(-c3ccc(N)nc3)sc12. The van der Waals surface area contributed by atoms with Gasteiger partial charge in [0.15, 0.2) is 6.29 Å². The van der Waals surface area contributed by atoms with Crippen LogP contribution in [0.15, 0.2) is 36.8 Å². The summed E-state index contributed by atoms with van der Waals surface area (Å²) in [6, 6.07) is 5.36. The van der Waals surface area contributed by atoms with Crippen LogP contribution in [-0.2, 0) is 0 Å². The minimum atomic E-state index is -0.258. The average Bonchev–Trinajstić information content (AvgIpc) is 3.30. The minimum absolute atomic E-state index is 0.258. The van der Waals surface area contributed by atoms with Crippen LogP contribution in [0.25, 0.3) is 15.3 Å². The van der Waals surface area contributed by atoms with Crippen LogP contribution in [0.4, 0.5) is 10.8 Å². The predicted molar refractivity (Wildman–Crippen MR) is 103 cm³/mol. The lowest BCUT2D eigenvalue weighted by atomic mass is 10.2. The lowest BCUT2D eigenvalue weighted by Gasteiger charge is -2.01. The van der Waals surface area contributed by atoms with Gasteiger partial charge in [0.1, 0.15) is 10.6 Å². The van der Waals surface area contributed by atoms with Crippen molar-refractivity contribution in [2.75, 3.05) is 11.1 Å². The van der Waals surface area contributed by atoms with Crippen molar-refractivity contribution in [1.82, 2.24) is 14.6 Å². The number of nitrogens with one attached hydrogen (secondary N) is 1. The first-order valence-electron chi connectivity index (χ1n) is 7.61. The molecule has 0 radical (unpaired) electrons. The molecule has 0 aromatic carbocycles. The van der Waals surface area contributed by atoms with Gasteiger partial charge in [-0.15, -0.1) is 22.7 Å². The summed E-state index contributed by atoms with van der Waals surface area (Å²) in [6.45, 7) is 1.85. The van der Waals surface area contributed by atoms with Gasteiger partial charge in [-0.3, -0.25) is 9.59 Å². The van der Waals surface area contributed by atoms with Crippen molar-refractivity contribution in [3.05, 3.63) is 52.8 Å². The maximum Gasteiger partial charge on any atom is 0.260 e. The van der Waals surface area contributed by atoms with Crippen LogP contribution in [0.3, 0.4) is 0 Å². The second-order valence-corrected chi connectivity index (χ2v) is 7.72. The third-order valence-electron chi connectivity index (χ3n) is 3.79. The van der Waals surface area contributed by atoms with Crippen molar-refractivity contribution in [2.24, 2.45) is 0 Å². The molecule has 4 rings (SSSR count). The molecule has 0 saturated carbocycles. The molecule has 1 amide bonds. The molecule has 0 aliphatic heterocycles. The van der Waals surface area contributed by atoms with E-state index in [-0.39, 0.29) is 5.91 Å². The molecule has 0 atom stereocenters. The highest BCUT2D eigenvalue weighted by molar-refractivity contribution is 7.21. The number of aldehydes is 1. The number of aromatic nitrogens is 3. The monoisotopic (exact) mass is 383 g/mol. The predicted octanol–water partition coefficient (Wildman–Crippen LogP) is 3.47. The third-order valence-corrected chi connectivity index (χ3v) is 6.03. The number of carbonyl (C=O) groups is 2. The number of anilines is 2. The van der Waals surface area contributed by atoms with E-state index in [2.05, 4.69) is 15.4 Å². The molecule has 26 heavy (non-hydrogen) atoms. The number of thiophene rings is 1. The number of aryl methyl sites for hydroxylation is 1. The summed E-state index contributed by atoms with van der Waals surface area (Å²) >= 11 is 2.70. The van der Waals surface area contributed by atoms with Crippen molar-refractivity contribution < 1.29 is 9.59 Å². The molecule has 7 nitrogen and oxygen atoms in total. The number of nitrogens with two attached hydrogens (primary N) is 1. The van der Waals surface area contributed by atoms with Gasteiger partial charge in [-0.2, -0.15) is 5.10 Å². The van der Waals surface area contributed by atoms with Gasteiger partial charge in [-0.05, 0) is 30.7 Å². The van der Waals surface area contributed by atoms with E-state index in [9.17, 15) is 9.59 Å².